The van der Waals surface area contributed by atoms with E-state index in [2.05, 4.69) is 18.0 Å². The first-order valence-corrected chi connectivity index (χ1v) is 8.77. The first kappa shape index (κ1) is 14.7. The fourth-order valence-corrected chi connectivity index (χ4v) is 5.96. The molecule has 2 bridgehead atoms. The van der Waals surface area contributed by atoms with Gasteiger partial charge in [-0.3, -0.25) is 4.79 Å². The van der Waals surface area contributed by atoms with Crippen molar-refractivity contribution < 1.29 is 19.4 Å². The molecular formula is C19H23NO4. The van der Waals surface area contributed by atoms with Crippen molar-refractivity contribution in [3.63, 3.8) is 0 Å². The highest BCUT2D eigenvalue weighted by molar-refractivity contribution is 5.91. The molecule has 5 nitrogen and oxygen atoms in total. The van der Waals surface area contributed by atoms with Crippen LogP contribution in [-0.2, 0) is 16.6 Å². The van der Waals surface area contributed by atoms with Crippen molar-refractivity contribution in [2.75, 3.05) is 20.7 Å². The molecule has 1 aromatic carbocycles. The number of nitrogens with zero attached hydrogens (tertiary/aromatic N) is 1. The van der Waals surface area contributed by atoms with Gasteiger partial charge in [0.05, 0.1) is 18.1 Å². The number of likely N-dealkylation sites (N-methyl/N-ethyl adjacent to an activating group) is 1. The number of benzene rings is 1. The van der Waals surface area contributed by atoms with Gasteiger partial charge in [0.15, 0.2) is 23.4 Å². The Bertz CT molecular complexity index is 762. The molecule has 2 aliphatic heterocycles. The van der Waals surface area contributed by atoms with Gasteiger partial charge in [-0.05, 0) is 44.5 Å². The van der Waals surface area contributed by atoms with E-state index in [-0.39, 0.29) is 17.7 Å². The summed E-state index contributed by atoms with van der Waals surface area (Å²) >= 11 is 0. The molecule has 128 valence electrons. The van der Waals surface area contributed by atoms with E-state index in [1.165, 1.54) is 5.56 Å². The molecule has 5 rings (SSSR count). The van der Waals surface area contributed by atoms with Crippen LogP contribution >= 0.6 is 0 Å². The average molecular weight is 329 g/mol. The number of aliphatic hydroxyl groups is 1. The summed E-state index contributed by atoms with van der Waals surface area (Å²) in [5.74, 6) is 1.28. The first-order valence-electron chi connectivity index (χ1n) is 8.77. The van der Waals surface area contributed by atoms with Crippen molar-refractivity contribution >= 4 is 5.78 Å². The molecular weight excluding hydrogens is 306 g/mol. The Morgan fingerprint density at radius 1 is 1.42 bits per heavy atom. The van der Waals surface area contributed by atoms with Crippen molar-refractivity contribution in [2.45, 2.75) is 49.3 Å². The standard InChI is InChI=1S/C19H23NO4/c1-10-9-19(22)13-8-11-4-5-12(23-3)16-14(11)18(19,6-7-20(13)2)17(24-16)15(10)21/h4-5,10,13,17,22H,6-9H2,1-3H3/t10-,13?,17-,18?,19?/m0/s1. The third-order valence-electron chi connectivity index (χ3n) is 7.05. The van der Waals surface area contributed by atoms with Crippen molar-refractivity contribution in [1.82, 2.24) is 4.90 Å². The van der Waals surface area contributed by atoms with Crippen LogP contribution in [0.15, 0.2) is 12.1 Å². The third-order valence-corrected chi connectivity index (χ3v) is 7.05. The maximum absolute atomic E-state index is 13.0. The summed E-state index contributed by atoms with van der Waals surface area (Å²) in [5, 5.41) is 11.9. The van der Waals surface area contributed by atoms with E-state index >= 15 is 0 Å². The summed E-state index contributed by atoms with van der Waals surface area (Å²) in [6.07, 6.45) is 1.45. The van der Waals surface area contributed by atoms with Crippen molar-refractivity contribution in [2.24, 2.45) is 5.92 Å². The Kier molecular flexibility index (Phi) is 2.65. The zero-order chi connectivity index (χ0) is 16.9. The summed E-state index contributed by atoms with van der Waals surface area (Å²) < 4.78 is 11.7. The number of ether oxygens (including phenoxy) is 2. The molecule has 1 spiro atoms. The highest BCUT2D eigenvalue weighted by atomic mass is 16.5. The number of rotatable bonds is 1. The molecule has 5 atom stereocenters. The second-order valence-corrected chi connectivity index (χ2v) is 7.98. The minimum Gasteiger partial charge on any atom is -0.493 e. The Balaban J connectivity index is 1.85. The average Bonchev–Trinajstić information content (AvgIpc) is 2.90. The highest BCUT2D eigenvalue weighted by Gasteiger charge is 2.73. The van der Waals surface area contributed by atoms with E-state index in [0.717, 1.165) is 24.9 Å². The molecule has 0 radical (unpaired) electrons. The maximum Gasteiger partial charge on any atom is 0.177 e. The van der Waals surface area contributed by atoms with Gasteiger partial charge in [0.1, 0.15) is 0 Å². The fraction of sp³-hybridized carbons (Fsp3) is 0.632. The molecule has 0 aromatic heterocycles. The number of likely N-dealkylation sites (tertiary alicyclic amines) is 1. The minimum atomic E-state index is -0.928. The van der Waals surface area contributed by atoms with Gasteiger partial charge in [-0.15, -0.1) is 0 Å². The number of methoxy groups -OCH3 is 1. The third kappa shape index (κ3) is 1.35. The van der Waals surface area contributed by atoms with Gasteiger partial charge in [0.25, 0.3) is 0 Å². The maximum atomic E-state index is 13.0. The number of carbonyl (C=O) groups is 1. The van der Waals surface area contributed by atoms with Gasteiger partial charge in [0.2, 0.25) is 0 Å². The van der Waals surface area contributed by atoms with Crippen LogP contribution in [-0.4, -0.2) is 54.2 Å². The zero-order valence-corrected chi connectivity index (χ0v) is 14.3. The van der Waals surface area contributed by atoms with Gasteiger partial charge < -0.3 is 19.5 Å². The van der Waals surface area contributed by atoms with Crippen LogP contribution in [0.2, 0.25) is 0 Å². The van der Waals surface area contributed by atoms with Crippen LogP contribution in [0.5, 0.6) is 11.5 Å². The summed E-state index contributed by atoms with van der Waals surface area (Å²) in [6, 6.07) is 4.04. The molecule has 4 aliphatic rings. The van der Waals surface area contributed by atoms with Crippen molar-refractivity contribution in [1.29, 1.82) is 0 Å². The SMILES string of the molecule is COc1ccc2c3c1O[C@H]1C(=O)[C@@H](C)CC4(O)C(C2)N(C)CCC314. The van der Waals surface area contributed by atoms with E-state index in [9.17, 15) is 9.90 Å². The molecule has 1 aromatic rings. The van der Waals surface area contributed by atoms with Crippen LogP contribution < -0.4 is 9.47 Å². The summed E-state index contributed by atoms with van der Waals surface area (Å²) in [4.78, 5) is 15.2. The predicted molar refractivity (Wildman–Crippen MR) is 87.6 cm³/mol. The number of hydrogen-bond acceptors (Lipinski definition) is 5. The smallest absolute Gasteiger partial charge is 0.177 e. The summed E-state index contributed by atoms with van der Waals surface area (Å²) in [6.45, 7) is 2.78. The Hall–Kier alpha value is -1.59. The molecule has 3 unspecified atom stereocenters. The quantitative estimate of drug-likeness (QED) is 0.841. The van der Waals surface area contributed by atoms with Crippen LogP contribution in [0.25, 0.3) is 0 Å². The second-order valence-electron chi connectivity index (χ2n) is 7.98. The van der Waals surface area contributed by atoms with Crippen LogP contribution in [0.1, 0.15) is 30.9 Å². The fourth-order valence-electron chi connectivity index (χ4n) is 5.96. The second kappa shape index (κ2) is 4.33. The van der Waals surface area contributed by atoms with Gasteiger partial charge in [0, 0.05) is 17.5 Å². The summed E-state index contributed by atoms with van der Waals surface area (Å²) in [5.41, 5.74) is 0.684. The van der Waals surface area contributed by atoms with E-state index in [0.29, 0.717) is 17.9 Å². The topological polar surface area (TPSA) is 59.0 Å². The molecule has 1 N–H and O–H groups in total. The molecule has 1 saturated heterocycles. The number of hydrogen-bond donors (Lipinski definition) is 1. The number of ketones is 1. The lowest BCUT2D eigenvalue weighted by Crippen LogP contribution is -2.77. The highest BCUT2D eigenvalue weighted by Crippen LogP contribution is 2.65. The van der Waals surface area contributed by atoms with E-state index in [4.69, 9.17) is 9.47 Å². The Morgan fingerprint density at radius 3 is 2.96 bits per heavy atom. The lowest BCUT2D eigenvalue weighted by atomic mass is 9.47. The van der Waals surface area contributed by atoms with Gasteiger partial charge in [-0.25, -0.2) is 0 Å². The lowest BCUT2D eigenvalue weighted by Gasteiger charge is -2.62. The number of Topliss-reactive ketones (excluding diaryl/α,β-unsaturated/α-hetero) is 1. The lowest BCUT2D eigenvalue weighted by molar-refractivity contribution is -0.193. The summed E-state index contributed by atoms with van der Waals surface area (Å²) in [7, 11) is 3.70. The molecule has 24 heavy (non-hydrogen) atoms. The van der Waals surface area contributed by atoms with E-state index in [1.807, 2.05) is 13.0 Å². The van der Waals surface area contributed by atoms with Crippen LogP contribution in [0.4, 0.5) is 0 Å². The van der Waals surface area contributed by atoms with E-state index in [1.54, 1.807) is 7.11 Å². The van der Waals surface area contributed by atoms with E-state index < -0.39 is 17.1 Å². The molecule has 2 fully saturated rings. The van der Waals surface area contributed by atoms with Gasteiger partial charge in [-0.1, -0.05) is 13.0 Å². The van der Waals surface area contributed by atoms with Crippen molar-refractivity contribution in [3.8, 4) is 11.5 Å². The number of carbonyl (C=O) groups excluding carboxylic acids is 1. The van der Waals surface area contributed by atoms with Crippen molar-refractivity contribution in [3.05, 3.63) is 23.3 Å². The normalized spacial score (nSPS) is 42.5. The number of piperidine rings is 1. The Morgan fingerprint density at radius 2 is 2.21 bits per heavy atom. The minimum absolute atomic E-state index is 0.0275. The molecule has 1 saturated carbocycles. The molecule has 2 heterocycles. The zero-order valence-electron chi connectivity index (χ0n) is 14.3. The molecule has 0 amide bonds. The Labute approximate surface area is 141 Å². The van der Waals surface area contributed by atoms with Gasteiger partial charge in [-0.2, -0.15) is 0 Å². The predicted octanol–water partition coefficient (Wildman–Crippen LogP) is 1.29. The largest absolute Gasteiger partial charge is 0.493 e. The molecule has 5 heteroatoms. The van der Waals surface area contributed by atoms with Crippen LogP contribution in [0.3, 0.4) is 0 Å². The van der Waals surface area contributed by atoms with Crippen LogP contribution in [0, 0.1) is 5.92 Å². The van der Waals surface area contributed by atoms with Gasteiger partial charge >= 0.3 is 0 Å². The monoisotopic (exact) mass is 329 g/mol. The first-order chi connectivity index (χ1) is 11.4. The molecule has 2 aliphatic carbocycles.